The molecule has 4 nitrogen and oxygen atoms in total. The van der Waals surface area contributed by atoms with Crippen LogP contribution in [0.15, 0.2) is 42.5 Å². The summed E-state index contributed by atoms with van der Waals surface area (Å²) in [5.41, 5.74) is 0.998. The molecule has 3 rings (SSSR count). The van der Waals surface area contributed by atoms with Crippen LogP contribution in [0.3, 0.4) is 0 Å². The van der Waals surface area contributed by atoms with Crippen LogP contribution in [0.5, 0.6) is 11.5 Å². The van der Waals surface area contributed by atoms with Gasteiger partial charge in [0.2, 0.25) is 0 Å². The standard InChI is InChI=1S/C18H18FNO3S/c1-22-13-9-12(10-14(11-13)23-2)18-20(7-8-24-18)17(21)15-5-3-4-6-16(15)19/h3-6,9-11,18H,7-8H2,1-2H3. The Labute approximate surface area is 144 Å². The number of benzene rings is 2. The fourth-order valence-corrected chi connectivity index (χ4v) is 3.95. The van der Waals surface area contributed by atoms with Gasteiger partial charge in [0, 0.05) is 18.4 Å². The van der Waals surface area contributed by atoms with Gasteiger partial charge in [0.25, 0.3) is 5.91 Å². The number of hydrogen-bond acceptors (Lipinski definition) is 4. The molecule has 1 aliphatic rings. The SMILES string of the molecule is COc1cc(OC)cc(C2SCCN2C(=O)c2ccccc2F)c1. The second-order valence-corrected chi connectivity index (χ2v) is 6.54. The van der Waals surface area contributed by atoms with E-state index in [1.54, 1.807) is 49.1 Å². The third-order valence-electron chi connectivity index (χ3n) is 3.92. The Bertz CT molecular complexity index is 731. The van der Waals surface area contributed by atoms with E-state index < -0.39 is 5.82 Å². The van der Waals surface area contributed by atoms with Gasteiger partial charge in [-0.3, -0.25) is 4.79 Å². The maximum absolute atomic E-state index is 14.0. The van der Waals surface area contributed by atoms with Crippen LogP contribution >= 0.6 is 11.8 Å². The molecule has 0 radical (unpaired) electrons. The molecule has 6 heteroatoms. The van der Waals surface area contributed by atoms with Gasteiger partial charge >= 0.3 is 0 Å². The van der Waals surface area contributed by atoms with Gasteiger partial charge in [-0.15, -0.1) is 11.8 Å². The molecule has 1 aliphatic heterocycles. The van der Waals surface area contributed by atoms with Gasteiger partial charge in [-0.2, -0.15) is 0 Å². The largest absolute Gasteiger partial charge is 0.497 e. The Kier molecular flexibility index (Phi) is 4.94. The Hall–Kier alpha value is -2.21. The lowest BCUT2D eigenvalue weighted by Gasteiger charge is -2.25. The van der Waals surface area contributed by atoms with Gasteiger partial charge in [-0.1, -0.05) is 12.1 Å². The van der Waals surface area contributed by atoms with Gasteiger partial charge in [0.15, 0.2) is 0 Å². The first-order valence-electron chi connectivity index (χ1n) is 7.54. The molecule has 1 atom stereocenters. The number of carbonyl (C=O) groups is 1. The quantitative estimate of drug-likeness (QED) is 0.845. The van der Waals surface area contributed by atoms with Crippen molar-refractivity contribution in [1.82, 2.24) is 4.90 Å². The zero-order chi connectivity index (χ0) is 17.1. The predicted molar refractivity (Wildman–Crippen MR) is 92.2 cm³/mol. The van der Waals surface area contributed by atoms with Crippen LogP contribution < -0.4 is 9.47 Å². The minimum absolute atomic E-state index is 0.0971. The lowest BCUT2D eigenvalue weighted by atomic mass is 10.1. The zero-order valence-corrected chi connectivity index (χ0v) is 14.3. The molecular weight excluding hydrogens is 329 g/mol. The monoisotopic (exact) mass is 347 g/mol. The van der Waals surface area contributed by atoms with Gasteiger partial charge in [-0.05, 0) is 29.8 Å². The summed E-state index contributed by atoms with van der Waals surface area (Å²) in [7, 11) is 3.17. The van der Waals surface area contributed by atoms with Crippen molar-refractivity contribution in [3.63, 3.8) is 0 Å². The summed E-state index contributed by atoms with van der Waals surface area (Å²) in [6.07, 6.45) is 0. The molecule has 126 valence electrons. The lowest BCUT2D eigenvalue weighted by molar-refractivity contribution is 0.0755. The van der Waals surface area contributed by atoms with E-state index in [2.05, 4.69) is 0 Å². The van der Waals surface area contributed by atoms with Crippen LogP contribution in [-0.4, -0.2) is 37.3 Å². The topological polar surface area (TPSA) is 38.8 Å². The van der Waals surface area contributed by atoms with E-state index in [0.717, 1.165) is 11.3 Å². The first-order valence-corrected chi connectivity index (χ1v) is 8.59. The van der Waals surface area contributed by atoms with Crippen LogP contribution in [0.25, 0.3) is 0 Å². The molecule has 0 saturated carbocycles. The first-order chi connectivity index (χ1) is 11.6. The molecule has 0 aliphatic carbocycles. The van der Waals surface area contributed by atoms with Crippen molar-refractivity contribution >= 4 is 17.7 Å². The van der Waals surface area contributed by atoms with Gasteiger partial charge in [-0.25, -0.2) is 4.39 Å². The van der Waals surface area contributed by atoms with Crippen LogP contribution in [0.2, 0.25) is 0 Å². The van der Waals surface area contributed by atoms with Crippen LogP contribution in [-0.2, 0) is 0 Å². The summed E-state index contributed by atoms with van der Waals surface area (Å²) in [6.45, 7) is 0.571. The zero-order valence-electron chi connectivity index (χ0n) is 13.5. The normalized spacial score (nSPS) is 17.0. The minimum Gasteiger partial charge on any atom is -0.497 e. The summed E-state index contributed by atoms with van der Waals surface area (Å²) in [5.74, 6) is 1.32. The van der Waals surface area contributed by atoms with Crippen LogP contribution in [0.4, 0.5) is 4.39 Å². The van der Waals surface area contributed by atoms with Crippen molar-refractivity contribution in [2.45, 2.75) is 5.37 Å². The lowest BCUT2D eigenvalue weighted by Crippen LogP contribution is -2.31. The molecule has 1 amide bonds. The van der Waals surface area contributed by atoms with Crippen LogP contribution in [0, 0.1) is 5.82 Å². The molecule has 24 heavy (non-hydrogen) atoms. The third-order valence-corrected chi connectivity index (χ3v) is 5.18. The summed E-state index contributed by atoms with van der Waals surface area (Å²) in [4.78, 5) is 14.5. The number of nitrogens with zero attached hydrogens (tertiary/aromatic N) is 1. The summed E-state index contributed by atoms with van der Waals surface area (Å²) in [5, 5.41) is -0.193. The van der Waals surface area contributed by atoms with E-state index in [1.165, 1.54) is 12.1 Å². The predicted octanol–water partition coefficient (Wildman–Crippen LogP) is 3.73. The molecular formula is C18H18FNO3S. The third kappa shape index (κ3) is 3.19. The van der Waals surface area contributed by atoms with Crippen LogP contribution in [0.1, 0.15) is 21.3 Å². The second kappa shape index (κ2) is 7.13. The maximum Gasteiger partial charge on any atom is 0.258 e. The Balaban J connectivity index is 1.94. The van der Waals surface area contributed by atoms with E-state index in [9.17, 15) is 9.18 Å². The Morgan fingerprint density at radius 1 is 1.17 bits per heavy atom. The molecule has 0 N–H and O–H groups in total. The maximum atomic E-state index is 14.0. The van der Waals surface area contributed by atoms with Gasteiger partial charge in [0.05, 0.1) is 19.8 Å². The van der Waals surface area contributed by atoms with E-state index in [4.69, 9.17) is 9.47 Å². The van der Waals surface area contributed by atoms with Crippen molar-refractivity contribution in [2.24, 2.45) is 0 Å². The number of hydrogen-bond donors (Lipinski definition) is 0. The number of carbonyl (C=O) groups excluding carboxylic acids is 1. The molecule has 1 heterocycles. The summed E-state index contributed by atoms with van der Waals surface area (Å²) < 4.78 is 24.6. The molecule has 1 saturated heterocycles. The summed E-state index contributed by atoms with van der Waals surface area (Å²) >= 11 is 1.64. The van der Waals surface area contributed by atoms with Gasteiger partial charge < -0.3 is 14.4 Å². The fourth-order valence-electron chi connectivity index (χ4n) is 2.72. The highest BCUT2D eigenvalue weighted by Gasteiger charge is 2.32. The van der Waals surface area contributed by atoms with E-state index in [-0.39, 0.29) is 16.8 Å². The molecule has 1 unspecified atom stereocenters. The number of amides is 1. The average molecular weight is 347 g/mol. The second-order valence-electron chi connectivity index (χ2n) is 5.35. The van der Waals surface area contributed by atoms with E-state index >= 15 is 0 Å². The van der Waals surface area contributed by atoms with Crippen molar-refractivity contribution in [3.8, 4) is 11.5 Å². The summed E-state index contributed by atoms with van der Waals surface area (Å²) in [6, 6.07) is 11.6. The molecule has 0 aromatic heterocycles. The number of methoxy groups -OCH3 is 2. The molecule has 2 aromatic carbocycles. The highest BCUT2D eigenvalue weighted by molar-refractivity contribution is 7.99. The smallest absolute Gasteiger partial charge is 0.258 e. The van der Waals surface area contributed by atoms with E-state index in [0.29, 0.717) is 18.0 Å². The highest BCUT2D eigenvalue weighted by atomic mass is 32.2. The first kappa shape index (κ1) is 16.6. The molecule has 2 aromatic rings. The molecule has 0 bridgehead atoms. The molecule has 1 fully saturated rings. The highest BCUT2D eigenvalue weighted by Crippen LogP contribution is 2.41. The minimum atomic E-state index is -0.499. The molecule has 0 spiro atoms. The van der Waals surface area contributed by atoms with Crippen molar-refractivity contribution in [2.75, 3.05) is 26.5 Å². The number of halogens is 1. The number of ether oxygens (including phenoxy) is 2. The van der Waals surface area contributed by atoms with Gasteiger partial charge in [0.1, 0.15) is 22.7 Å². The van der Waals surface area contributed by atoms with Crippen molar-refractivity contribution in [3.05, 3.63) is 59.4 Å². The Morgan fingerprint density at radius 3 is 2.46 bits per heavy atom. The number of thioether (sulfide) groups is 1. The van der Waals surface area contributed by atoms with Crippen molar-refractivity contribution < 1.29 is 18.7 Å². The average Bonchev–Trinajstić information content (AvgIpc) is 3.10. The van der Waals surface area contributed by atoms with Crippen molar-refractivity contribution in [1.29, 1.82) is 0 Å². The van der Waals surface area contributed by atoms with E-state index in [1.807, 2.05) is 12.1 Å². The Morgan fingerprint density at radius 2 is 1.83 bits per heavy atom. The fraction of sp³-hybridized carbons (Fsp3) is 0.278. The number of rotatable bonds is 4.